The molecule has 7 heteroatoms. The van der Waals surface area contributed by atoms with E-state index in [9.17, 15) is 8.42 Å². The maximum Gasteiger partial charge on any atom is 0.281 e. The van der Waals surface area contributed by atoms with E-state index in [1.807, 2.05) is 6.92 Å². The number of hydrogen-bond acceptors (Lipinski definition) is 3. The van der Waals surface area contributed by atoms with Gasteiger partial charge in [0.05, 0.1) is 4.99 Å². The van der Waals surface area contributed by atoms with Crippen LogP contribution < -0.4 is 5.73 Å². The van der Waals surface area contributed by atoms with Gasteiger partial charge in [-0.2, -0.15) is 17.0 Å². The van der Waals surface area contributed by atoms with Gasteiger partial charge < -0.3 is 5.73 Å². The van der Waals surface area contributed by atoms with Crippen LogP contribution in [0.5, 0.6) is 0 Å². The molecule has 5 nitrogen and oxygen atoms in total. The van der Waals surface area contributed by atoms with Crippen LogP contribution in [0.15, 0.2) is 0 Å². The molecule has 1 aliphatic rings. The Hall–Kier alpha value is -0.240. The van der Waals surface area contributed by atoms with Crippen molar-refractivity contribution in [1.29, 1.82) is 0 Å². The highest BCUT2D eigenvalue weighted by molar-refractivity contribution is 7.86. The first kappa shape index (κ1) is 13.8. The van der Waals surface area contributed by atoms with Crippen molar-refractivity contribution in [2.75, 3.05) is 26.2 Å². The molecule has 1 heterocycles. The molecule has 1 fully saturated rings. The van der Waals surface area contributed by atoms with Crippen molar-refractivity contribution in [3.05, 3.63) is 0 Å². The second kappa shape index (κ2) is 5.90. The maximum atomic E-state index is 12.1. The van der Waals surface area contributed by atoms with E-state index in [0.717, 1.165) is 12.8 Å². The lowest BCUT2D eigenvalue weighted by molar-refractivity contribution is 0.375. The normalized spacial score (nSPS) is 18.1. The third-order valence-corrected chi connectivity index (χ3v) is 4.99. The van der Waals surface area contributed by atoms with Crippen molar-refractivity contribution in [1.82, 2.24) is 8.61 Å². The van der Waals surface area contributed by atoms with Crippen LogP contribution in [0.2, 0.25) is 0 Å². The Morgan fingerprint density at radius 1 is 1.44 bits per heavy atom. The van der Waals surface area contributed by atoms with Gasteiger partial charge in [-0.25, -0.2) is 0 Å². The second-order valence-corrected chi connectivity index (χ2v) is 6.27. The smallest absolute Gasteiger partial charge is 0.281 e. The van der Waals surface area contributed by atoms with E-state index in [2.05, 4.69) is 0 Å². The van der Waals surface area contributed by atoms with Crippen molar-refractivity contribution in [3.63, 3.8) is 0 Å². The van der Waals surface area contributed by atoms with E-state index in [0.29, 0.717) is 37.6 Å². The minimum atomic E-state index is -3.30. The van der Waals surface area contributed by atoms with Crippen LogP contribution in [-0.2, 0) is 10.2 Å². The van der Waals surface area contributed by atoms with Gasteiger partial charge in [-0.1, -0.05) is 19.1 Å². The molecule has 0 atom stereocenters. The van der Waals surface area contributed by atoms with Crippen LogP contribution >= 0.6 is 12.2 Å². The van der Waals surface area contributed by atoms with E-state index in [4.69, 9.17) is 18.0 Å². The van der Waals surface area contributed by atoms with Crippen LogP contribution in [0.25, 0.3) is 0 Å². The molecule has 0 aliphatic carbocycles. The van der Waals surface area contributed by atoms with Crippen LogP contribution in [0.3, 0.4) is 0 Å². The Bertz CT molecular complexity index is 337. The summed E-state index contributed by atoms with van der Waals surface area (Å²) in [5, 5.41) is 0. The highest BCUT2D eigenvalue weighted by Gasteiger charge is 2.30. The number of nitrogens with two attached hydrogens (primary N) is 1. The molecule has 0 aromatic carbocycles. The summed E-state index contributed by atoms with van der Waals surface area (Å²) < 4.78 is 27.3. The molecular formula is C9H19N3O2S2. The molecule has 16 heavy (non-hydrogen) atoms. The highest BCUT2D eigenvalue weighted by atomic mass is 32.2. The van der Waals surface area contributed by atoms with E-state index in [-0.39, 0.29) is 0 Å². The van der Waals surface area contributed by atoms with Gasteiger partial charge in [-0.3, -0.25) is 0 Å². The van der Waals surface area contributed by atoms with Gasteiger partial charge in [0.15, 0.2) is 0 Å². The molecule has 2 N–H and O–H groups in total. The third-order valence-electron chi connectivity index (χ3n) is 2.68. The molecule has 0 aromatic rings. The first-order valence-corrected chi connectivity index (χ1v) is 7.32. The molecule has 1 aliphatic heterocycles. The minimum absolute atomic E-state index is 0.357. The van der Waals surface area contributed by atoms with Gasteiger partial charge >= 0.3 is 0 Å². The number of rotatable bonds is 6. The first-order valence-electron chi connectivity index (χ1n) is 5.52. The van der Waals surface area contributed by atoms with E-state index < -0.39 is 10.2 Å². The Morgan fingerprint density at radius 2 is 2.00 bits per heavy atom. The Kier molecular flexibility index (Phi) is 5.10. The lowest BCUT2D eigenvalue weighted by atomic mass is 10.4. The van der Waals surface area contributed by atoms with Crippen molar-refractivity contribution < 1.29 is 8.42 Å². The second-order valence-electron chi connectivity index (χ2n) is 3.82. The zero-order valence-electron chi connectivity index (χ0n) is 9.55. The molecule has 1 saturated heterocycles. The summed E-state index contributed by atoms with van der Waals surface area (Å²) in [6.45, 7) is 3.93. The summed E-state index contributed by atoms with van der Waals surface area (Å²) in [4.78, 5) is 0.357. The van der Waals surface area contributed by atoms with Crippen molar-refractivity contribution in [3.8, 4) is 0 Å². The number of thiocarbonyl (C=S) groups is 1. The van der Waals surface area contributed by atoms with Crippen molar-refractivity contribution in [2.45, 2.75) is 26.2 Å². The molecule has 0 saturated carbocycles. The SMILES string of the molecule is CCN(CCC(N)=S)S(=O)(=O)N1CCCC1. The van der Waals surface area contributed by atoms with Crippen LogP contribution in [0.1, 0.15) is 26.2 Å². The van der Waals surface area contributed by atoms with Gasteiger partial charge in [0.25, 0.3) is 10.2 Å². The fourth-order valence-electron chi connectivity index (χ4n) is 1.75. The Morgan fingerprint density at radius 3 is 2.44 bits per heavy atom. The maximum absolute atomic E-state index is 12.1. The predicted molar refractivity (Wildman–Crippen MR) is 68.4 cm³/mol. The summed E-state index contributed by atoms with van der Waals surface area (Å²) in [6, 6.07) is 0. The predicted octanol–water partition coefficient (Wildman–Crippen LogP) is 0.325. The van der Waals surface area contributed by atoms with Gasteiger partial charge in [-0.05, 0) is 12.8 Å². The van der Waals surface area contributed by atoms with E-state index in [1.54, 1.807) is 0 Å². The summed E-state index contributed by atoms with van der Waals surface area (Å²) in [7, 11) is -3.30. The monoisotopic (exact) mass is 265 g/mol. The molecule has 0 bridgehead atoms. The van der Waals surface area contributed by atoms with Gasteiger partial charge in [0.2, 0.25) is 0 Å². The number of nitrogens with zero attached hydrogens (tertiary/aromatic N) is 2. The molecule has 0 unspecified atom stereocenters. The molecule has 0 radical (unpaired) electrons. The summed E-state index contributed by atoms with van der Waals surface area (Å²) in [5.74, 6) is 0. The summed E-state index contributed by atoms with van der Waals surface area (Å²) >= 11 is 4.76. The topological polar surface area (TPSA) is 66.6 Å². The average Bonchev–Trinajstić information content (AvgIpc) is 2.70. The molecular weight excluding hydrogens is 246 g/mol. The van der Waals surface area contributed by atoms with Gasteiger partial charge in [0.1, 0.15) is 0 Å². The standard InChI is InChI=1S/C9H19N3O2S2/c1-2-11(8-5-9(10)15)16(13,14)12-6-3-4-7-12/h2-8H2,1H3,(H2,10,15). The summed E-state index contributed by atoms with van der Waals surface area (Å²) in [6.07, 6.45) is 2.34. The zero-order chi connectivity index (χ0) is 12.2. The van der Waals surface area contributed by atoms with E-state index >= 15 is 0 Å². The Labute approximate surface area is 103 Å². The average molecular weight is 265 g/mol. The lowest BCUT2D eigenvalue weighted by Gasteiger charge is -2.25. The quantitative estimate of drug-likeness (QED) is 0.703. The summed E-state index contributed by atoms with van der Waals surface area (Å²) in [5.41, 5.74) is 5.39. The van der Waals surface area contributed by atoms with E-state index in [1.165, 1.54) is 8.61 Å². The molecule has 0 amide bonds. The molecule has 0 spiro atoms. The first-order chi connectivity index (χ1) is 7.48. The minimum Gasteiger partial charge on any atom is -0.393 e. The fourth-order valence-corrected chi connectivity index (χ4v) is 3.54. The van der Waals surface area contributed by atoms with Crippen LogP contribution in [-0.4, -0.2) is 48.2 Å². The van der Waals surface area contributed by atoms with Crippen LogP contribution in [0.4, 0.5) is 0 Å². The Balaban J connectivity index is 2.66. The van der Waals surface area contributed by atoms with Gasteiger partial charge in [0, 0.05) is 32.6 Å². The zero-order valence-corrected chi connectivity index (χ0v) is 11.2. The largest absolute Gasteiger partial charge is 0.393 e. The van der Waals surface area contributed by atoms with Crippen LogP contribution in [0, 0.1) is 0 Å². The highest BCUT2D eigenvalue weighted by Crippen LogP contribution is 2.16. The van der Waals surface area contributed by atoms with Crippen molar-refractivity contribution in [2.24, 2.45) is 5.73 Å². The molecule has 1 rings (SSSR count). The lowest BCUT2D eigenvalue weighted by Crippen LogP contribution is -2.43. The van der Waals surface area contributed by atoms with Crippen molar-refractivity contribution >= 4 is 27.4 Å². The third kappa shape index (κ3) is 3.38. The fraction of sp³-hybridized carbons (Fsp3) is 0.889. The molecule has 0 aromatic heterocycles. The number of hydrogen-bond donors (Lipinski definition) is 1. The molecule has 94 valence electrons. The van der Waals surface area contributed by atoms with Gasteiger partial charge in [-0.15, -0.1) is 0 Å².